The molecule has 0 unspecified atom stereocenters. The quantitative estimate of drug-likeness (QED) is 0.118. The van der Waals surface area contributed by atoms with Crippen LogP contribution in [0.5, 0.6) is 0 Å². The van der Waals surface area contributed by atoms with Gasteiger partial charge in [-0.05, 0) is 23.5 Å². The number of nitrogens with zero attached hydrogens (tertiary/aromatic N) is 9. The molecule has 255 valence electrons. The number of hydrogen-bond donors (Lipinski definition) is 0. The fraction of sp³-hybridized carbons (Fsp3) is 0.0476. The normalized spacial score (nSPS) is 10.7. The van der Waals surface area contributed by atoms with Crippen molar-refractivity contribution >= 4 is 43.1 Å². The van der Waals surface area contributed by atoms with E-state index in [-0.39, 0.29) is 20.1 Å². The first-order chi connectivity index (χ1) is 25.1. The van der Waals surface area contributed by atoms with E-state index in [2.05, 4.69) is 147 Å². The van der Waals surface area contributed by atoms with E-state index in [1.807, 2.05) is 69.3 Å². The monoisotopic (exact) mass is 853 g/mol. The zero-order valence-corrected chi connectivity index (χ0v) is 30.6. The molecular weight excluding hydrogens is 823 g/mol. The van der Waals surface area contributed by atoms with E-state index in [9.17, 15) is 0 Å². The predicted octanol–water partition coefficient (Wildman–Crippen LogP) is 6.31. The molecule has 6 aromatic carbocycles. The van der Waals surface area contributed by atoms with Crippen LogP contribution >= 0.6 is 0 Å². The van der Waals surface area contributed by atoms with Crippen molar-refractivity contribution in [1.82, 2.24) is 34.7 Å². The van der Waals surface area contributed by atoms with Crippen molar-refractivity contribution in [3.05, 3.63) is 171 Å². The zero-order valence-electron chi connectivity index (χ0n) is 28.2. The second-order valence-electron chi connectivity index (χ2n) is 11.8. The summed E-state index contributed by atoms with van der Waals surface area (Å²) >= 11 is 0. The predicted molar refractivity (Wildman–Crippen MR) is 196 cm³/mol. The molecule has 4 aromatic heterocycles. The number of rotatable bonds is 3. The Morgan fingerprint density at radius 2 is 1.02 bits per heavy atom. The van der Waals surface area contributed by atoms with Crippen molar-refractivity contribution in [2.24, 2.45) is 14.1 Å². The summed E-state index contributed by atoms with van der Waals surface area (Å²) in [7, 11) is 3.94. The fourth-order valence-electron chi connectivity index (χ4n) is 6.07. The van der Waals surface area contributed by atoms with E-state index in [1.54, 1.807) is 12.3 Å². The van der Waals surface area contributed by atoms with E-state index in [1.165, 1.54) is 32.3 Å². The van der Waals surface area contributed by atoms with Gasteiger partial charge in [0.25, 0.3) is 0 Å². The Kier molecular flexibility index (Phi) is 10.0. The van der Waals surface area contributed by atoms with Crippen LogP contribution in [-0.2, 0) is 34.2 Å². The molecule has 0 N–H and O–H groups in total. The van der Waals surface area contributed by atoms with Gasteiger partial charge in [0.05, 0.1) is 25.6 Å². The molecule has 0 amide bonds. The molecule has 0 aliphatic heterocycles. The smallest absolute Gasteiger partial charge is 0.241 e. The van der Waals surface area contributed by atoms with Crippen molar-refractivity contribution in [1.29, 1.82) is 0 Å². The molecule has 0 aliphatic rings. The second kappa shape index (κ2) is 15.3. The first kappa shape index (κ1) is 34.1. The Bertz CT molecular complexity index is 2580. The van der Waals surface area contributed by atoms with Crippen LogP contribution in [-0.4, -0.2) is 29.6 Å². The molecule has 4 heterocycles. The third-order valence-corrected chi connectivity index (χ3v) is 8.41. The van der Waals surface area contributed by atoms with Gasteiger partial charge in [0.2, 0.25) is 12.7 Å². The maximum absolute atomic E-state index is 4.02. The van der Waals surface area contributed by atoms with Gasteiger partial charge in [-0.1, -0.05) is 88.3 Å². The first-order valence-corrected chi connectivity index (χ1v) is 16.3. The molecular formula is C42H30IrN9-3. The van der Waals surface area contributed by atoms with Gasteiger partial charge in [0, 0.05) is 51.1 Å². The maximum Gasteiger partial charge on any atom is 0.241 e. The van der Waals surface area contributed by atoms with Crippen LogP contribution in [0.15, 0.2) is 146 Å². The van der Waals surface area contributed by atoms with Gasteiger partial charge in [0.15, 0.2) is 0 Å². The summed E-state index contributed by atoms with van der Waals surface area (Å²) in [6, 6.07) is 46.2. The maximum atomic E-state index is 4.02. The molecule has 10 heteroatoms. The Balaban J connectivity index is 0.000000125. The number of tetrazole rings is 1. The molecule has 9 nitrogen and oxygen atoms in total. The van der Waals surface area contributed by atoms with Crippen molar-refractivity contribution in [3.63, 3.8) is 0 Å². The average Bonchev–Trinajstić information content (AvgIpc) is 3.99. The van der Waals surface area contributed by atoms with Crippen LogP contribution in [0.2, 0.25) is 0 Å². The summed E-state index contributed by atoms with van der Waals surface area (Å²) < 4.78 is 7.82. The SMILES string of the molecule is C[n+]1[c-]n(-c2[c-]c3ccccc3c3ccccc23)cc1.C[n+]1[c-]n(-c2[c-]c3ccccc3c3ccccc23)cc1.[Ir].c1ccc(-c2nnn[n-]2)nc1. The summed E-state index contributed by atoms with van der Waals surface area (Å²) in [5.74, 6) is 0.464. The summed E-state index contributed by atoms with van der Waals surface area (Å²) in [5, 5.41) is 23.6. The third kappa shape index (κ3) is 6.98. The topological polar surface area (TPSA) is 83.3 Å². The number of imidazole rings is 2. The van der Waals surface area contributed by atoms with E-state index in [4.69, 9.17) is 0 Å². The van der Waals surface area contributed by atoms with E-state index in [0.29, 0.717) is 11.5 Å². The number of fused-ring (bicyclic) bond motifs is 6. The van der Waals surface area contributed by atoms with Crippen molar-refractivity contribution < 1.29 is 29.2 Å². The van der Waals surface area contributed by atoms with E-state index in [0.717, 1.165) is 22.1 Å². The molecule has 0 aliphatic carbocycles. The summed E-state index contributed by atoms with van der Waals surface area (Å²) in [4.78, 5) is 4.02. The number of aryl methyl sites for hydroxylation is 2. The number of hydrogen-bond acceptors (Lipinski definition) is 4. The number of benzene rings is 6. The van der Waals surface area contributed by atoms with Gasteiger partial charge in [0.1, 0.15) is 0 Å². The third-order valence-electron chi connectivity index (χ3n) is 8.41. The molecule has 10 aromatic rings. The fourth-order valence-corrected chi connectivity index (χ4v) is 6.07. The molecule has 0 fully saturated rings. The van der Waals surface area contributed by atoms with Crippen LogP contribution in [0, 0.1) is 24.8 Å². The minimum Gasteiger partial charge on any atom is -0.342 e. The molecule has 52 heavy (non-hydrogen) atoms. The van der Waals surface area contributed by atoms with Gasteiger partial charge < -0.3 is 23.4 Å². The van der Waals surface area contributed by atoms with Crippen LogP contribution in [0.3, 0.4) is 0 Å². The van der Waals surface area contributed by atoms with Gasteiger partial charge in [-0.15, -0.1) is 70.1 Å². The number of aromatic nitrogens is 9. The van der Waals surface area contributed by atoms with Gasteiger partial charge in [-0.25, -0.2) is 0 Å². The largest absolute Gasteiger partial charge is 0.342 e. The molecule has 0 spiro atoms. The van der Waals surface area contributed by atoms with E-state index >= 15 is 0 Å². The molecule has 0 saturated carbocycles. The molecule has 1 radical (unpaired) electrons. The van der Waals surface area contributed by atoms with Crippen LogP contribution in [0.25, 0.3) is 66.0 Å². The van der Waals surface area contributed by atoms with Crippen LogP contribution < -0.4 is 14.2 Å². The van der Waals surface area contributed by atoms with Crippen molar-refractivity contribution in [2.75, 3.05) is 0 Å². The minimum atomic E-state index is 0. The molecule has 0 saturated heterocycles. The summed E-state index contributed by atoms with van der Waals surface area (Å²) in [6.07, 6.45) is 16.2. The second-order valence-corrected chi connectivity index (χ2v) is 11.8. The average molecular weight is 853 g/mol. The van der Waals surface area contributed by atoms with Crippen LogP contribution in [0.1, 0.15) is 0 Å². The molecule has 0 bridgehead atoms. The van der Waals surface area contributed by atoms with Gasteiger partial charge in [-0.2, -0.15) is 5.21 Å². The van der Waals surface area contributed by atoms with Gasteiger partial charge >= 0.3 is 0 Å². The Labute approximate surface area is 313 Å². The van der Waals surface area contributed by atoms with E-state index < -0.39 is 0 Å². The molecule has 0 atom stereocenters. The standard InChI is InChI=1S/2C18H13N2.C6H4N5.Ir/c2*1-19-10-11-20(13-19)18-12-14-6-2-3-7-15(14)16-8-4-5-9-17(16)18;1-2-4-7-5(3-1)6-8-10-11-9-6;/h2*2-11H,1H3;1-4H;/q3*-1;. The first-order valence-electron chi connectivity index (χ1n) is 16.3. The summed E-state index contributed by atoms with van der Waals surface area (Å²) in [6.45, 7) is 0. The number of pyridine rings is 1. The minimum absolute atomic E-state index is 0. The van der Waals surface area contributed by atoms with Gasteiger partial charge in [-0.3, -0.25) is 15.3 Å². The summed E-state index contributed by atoms with van der Waals surface area (Å²) in [5.41, 5.74) is 2.78. The Hall–Kier alpha value is -6.35. The Morgan fingerprint density at radius 1 is 0.558 bits per heavy atom. The Morgan fingerprint density at radius 3 is 1.44 bits per heavy atom. The van der Waals surface area contributed by atoms with Crippen molar-refractivity contribution in [2.45, 2.75) is 0 Å². The zero-order chi connectivity index (χ0) is 34.6. The van der Waals surface area contributed by atoms with Crippen molar-refractivity contribution in [3.8, 4) is 22.9 Å². The van der Waals surface area contributed by atoms with Crippen LogP contribution in [0.4, 0.5) is 0 Å². The molecule has 10 rings (SSSR count).